The van der Waals surface area contributed by atoms with Gasteiger partial charge in [0, 0.05) is 17.5 Å². The van der Waals surface area contributed by atoms with Gasteiger partial charge in [-0.3, -0.25) is 0 Å². The summed E-state index contributed by atoms with van der Waals surface area (Å²) in [5, 5.41) is 5.11. The van der Waals surface area contributed by atoms with E-state index in [-0.39, 0.29) is 6.04 Å². The molecule has 1 aromatic heterocycles. The summed E-state index contributed by atoms with van der Waals surface area (Å²) in [7, 11) is -3.42. The zero-order chi connectivity index (χ0) is 15.9. The van der Waals surface area contributed by atoms with Gasteiger partial charge in [0.25, 0.3) is 0 Å². The monoisotopic (exact) mass is 332 g/mol. The predicted molar refractivity (Wildman–Crippen MR) is 90.2 cm³/mol. The van der Waals surface area contributed by atoms with Crippen LogP contribution in [-0.4, -0.2) is 21.0 Å². The molecule has 6 heteroatoms. The first-order valence-electron chi connectivity index (χ1n) is 7.70. The molecule has 1 heterocycles. The highest BCUT2D eigenvalue weighted by atomic mass is 32.2. The molecule has 0 aliphatic heterocycles. The lowest BCUT2D eigenvalue weighted by Crippen LogP contribution is -2.34. The molecule has 0 saturated heterocycles. The fourth-order valence-corrected chi connectivity index (χ4v) is 4.89. The van der Waals surface area contributed by atoms with Gasteiger partial charge in [-0.1, -0.05) is 27.2 Å². The second kappa shape index (κ2) is 8.88. The quantitative estimate of drug-likeness (QED) is 0.646. The summed E-state index contributed by atoms with van der Waals surface area (Å²) in [6.45, 7) is 9.82. The Balaban J connectivity index is 2.72. The Morgan fingerprint density at radius 2 is 2.00 bits per heavy atom. The highest BCUT2D eigenvalue weighted by Gasteiger charge is 2.22. The third kappa shape index (κ3) is 6.06. The Labute approximate surface area is 133 Å². The molecule has 0 aliphatic rings. The first kappa shape index (κ1) is 18.6. The van der Waals surface area contributed by atoms with E-state index < -0.39 is 10.0 Å². The zero-order valence-corrected chi connectivity index (χ0v) is 15.1. The molecular weight excluding hydrogens is 304 g/mol. The van der Waals surface area contributed by atoms with Crippen LogP contribution in [0, 0.1) is 5.92 Å². The van der Waals surface area contributed by atoms with Crippen LogP contribution in [0.5, 0.6) is 0 Å². The second-order valence-corrected chi connectivity index (χ2v) is 8.34. The van der Waals surface area contributed by atoms with Crippen molar-refractivity contribution < 1.29 is 8.42 Å². The molecule has 2 N–H and O–H groups in total. The van der Waals surface area contributed by atoms with E-state index >= 15 is 0 Å². The number of thiophene rings is 1. The molecule has 4 nitrogen and oxygen atoms in total. The summed E-state index contributed by atoms with van der Waals surface area (Å²) in [5.74, 6) is 0.524. The van der Waals surface area contributed by atoms with Gasteiger partial charge in [-0.05, 0) is 43.7 Å². The average Bonchev–Trinajstić information content (AvgIpc) is 2.87. The molecule has 0 amide bonds. The van der Waals surface area contributed by atoms with Crippen molar-refractivity contribution >= 4 is 21.4 Å². The van der Waals surface area contributed by atoms with Crippen LogP contribution in [0.2, 0.25) is 0 Å². The lowest BCUT2D eigenvalue weighted by Gasteiger charge is -2.17. The van der Waals surface area contributed by atoms with E-state index in [0.717, 1.165) is 30.7 Å². The Kier molecular flexibility index (Phi) is 7.87. The van der Waals surface area contributed by atoms with Gasteiger partial charge in [0.1, 0.15) is 0 Å². The van der Waals surface area contributed by atoms with E-state index in [4.69, 9.17) is 0 Å². The van der Waals surface area contributed by atoms with Crippen molar-refractivity contribution in [1.82, 2.24) is 10.0 Å². The van der Waals surface area contributed by atoms with Crippen LogP contribution in [0.4, 0.5) is 0 Å². The molecule has 21 heavy (non-hydrogen) atoms. The van der Waals surface area contributed by atoms with Gasteiger partial charge >= 0.3 is 0 Å². The number of nitrogens with one attached hydrogen (secondary N) is 2. The van der Waals surface area contributed by atoms with Crippen LogP contribution in [0.25, 0.3) is 0 Å². The number of sulfonamides is 1. The molecule has 2 unspecified atom stereocenters. The van der Waals surface area contributed by atoms with Gasteiger partial charge in [0.2, 0.25) is 10.0 Å². The summed E-state index contributed by atoms with van der Waals surface area (Å²) in [6, 6.07) is 1.66. The summed E-state index contributed by atoms with van der Waals surface area (Å²) in [4.78, 5) is 1.30. The zero-order valence-electron chi connectivity index (χ0n) is 13.5. The first-order chi connectivity index (χ1) is 9.90. The van der Waals surface area contributed by atoms with Crippen LogP contribution >= 0.6 is 11.3 Å². The van der Waals surface area contributed by atoms with Crippen molar-refractivity contribution in [2.75, 3.05) is 6.54 Å². The maximum atomic E-state index is 12.5. The third-order valence-corrected chi connectivity index (χ3v) is 6.24. The van der Waals surface area contributed by atoms with Crippen LogP contribution in [0.15, 0.2) is 16.3 Å². The molecule has 0 bridgehead atoms. The van der Waals surface area contributed by atoms with Crippen molar-refractivity contribution in [2.45, 2.75) is 64.4 Å². The molecule has 122 valence electrons. The molecule has 0 aliphatic carbocycles. The average molecular weight is 333 g/mol. The van der Waals surface area contributed by atoms with Crippen LogP contribution in [-0.2, 0) is 16.6 Å². The van der Waals surface area contributed by atoms with Crippen molar-refractivity contribution in [3.8, 4) is 0 Å². The SMILES string of the molecule is CCCNCc1sccc1S(=O)(=O)NC(C)CC(C)CC. The maximum Gasteiger partial charge on any atom is 0.241 e. The predicted octanol–water partition coefficient (Wildman–Crippen LogP) is 3.35. The van der Waals surface area contributed by atoms with E-state index in [0.29, 0.717) is 17.4 Å². The third-order valence-electron chi connectivity index (χ3n) is 3.52. The number of rotatable bonds is 10. The molecule has 2 atom stereocenters. The van der Waals surface area contributed by atoms with E-state index in [1.54, 1.807) is 6.07 Å². The Morgan fingerprint density at radius 1 is 1.29 bits per heavy atom. The highest BCUT2D eigenvalue weighted by Crippen LogP contribution is 2.22. The van der Waals surface area contributed by atoms with Gasteiger partial charge in [0.05, 0.1) is 4.90 Å². The fraction of sp³-hybridized carbons (Fsp3) is 0.733. The van der Waals surface area contributed by atoms with Gasteiger partial charge in [-0.15, -0.1) is 11.3 Å². The lowest BCUT2D eigenvalue weighted by molar-refractivity contribution is 0.445. The van der Waals surface area contributed by atoms with Crippen LogP contribution < -0.4 is 10.0 Å². The Hall–Kier alpha value is -0.430. The highest BCUT2D eigenvalue weighted by molar-refractivity contribution is 7.89. The largest absolute Gasteiger partial charge is 0.312 e. The van der Waals surface area contributed by atoms with Gasteiger partial charge in [-0.25, -0.2) is 13.1 Å². The summed E-state index contributed by atoms with van der Waals surface area (Å²) in [5.41, 5.74) is 0. The minimum absolute atomic E-state index is 0.0405. The van der Waals surface area contributed by atoms with Crippen molar-refractivity contribution in [3.05, 3.63) is 16.3 Å². The minimum atomic E-state index is -3.42. The maximum absolute atomic E-state index is 12.5. The van der Waals surface area contributed by atoms with Crippen molar-refractivity contribution in [2.24, 2.45) is 5.92 Å². The van der Waals surface area contributed by atoms with Crippen LogP contribution in [0.1, 0.15) is 51.8 Å². The van der Waals surface area contributed by atoms with E-state index in [1.807, 2.05) is 12.3 Å². The number of hydrogen-bond acceptors (Lipinski definition) is 4. The Bertz CT molecular complexity index is 511. The van der Waals surface area contributed by atoms with Crippen molar-refractivity contribution in [1.29, 1.82) is 0 Å². The van der Waals surface area contributed by atoms with Gasteiger partial charge in [0.15, 0.2) is 0 Å². The molecule has 1 aromatic rings. The van der Waals surface area contributed by atoms with Gasteiger partial charge in [-0.2, -0.15) is 0 Å². The summed E-state index contributed by atoms with van der Waals surface area (Å²) < 4.78 is 27.8. The molecule has 0 spiro atoms. The fourth-order valence-electron chi connectivity index (χ4n) is 2.22. The van der Waals surface area contributed by atoms with E-state index in [2.05, 4.69) is 30.8 Å². The van der Waals surface area contributed by atoms with Gasteiger partial charge < -0.3 is 5.32 Å². The Morgan fingerprint density at radius 3 is 2.62 bits per heavy atom. The van der Waals surface area contributed by atoms with Crippen molar-refractivity contribution in [3.63, 3.8) is 0 Å². The second-order valence-electron chi connectivity index (χ2n) is 5.66. The van der Waals surface area contributed by atoms with E-state index in [1.165, 1.54) is 11.3 Å². The summed E-state index contributed by atoms with van der Waals surface area (Å²) in [6.07, 6.45) is 2.97. The molecule has 1 rings (SSSR count). The lowest BCUT2D eigenvalue weighted by atomic mass is 10.0. The summed E-state index contributed by atoms with van der Waals surface area (Å²) >= 11 is 1.49. The molecular formula is C15H28N2O2S2. The molecule has 0 saturated carbocycles. The first-order valence-corrected chi connectivity index (χ1v) is 10.1. The smallest absolute Gasteiger partial charge is 0.241 e. The minimum Gasteiger partial charge on any atom is -0.312 e. The van der Waals surface area contributed by atoms with E-state index in [9.17, 15) is 8.42 Å². The molecule has 0 fully saturated rings. The molecule has 0 radical (unpaired) electrons. The standard InChI is InChI=1S/C15H28N2O2S2/c1-5-8-16-11-14-15(7-9-20-14)21(18,19)17-13(4)10-12(3)6-2/h7,9,12-13,16-17H,5-6,8,10-11H2,1-4H3. The normalized spacial score (nSPS) is 15.0. The number of hydrogen-bond donors (Lipinski definition) is 2. The van der Waals surface area contributed by atoms with Crippen LogP contribution in [0.3, 0.4) is 0 Å². The topological polar surface area (TPSA) is 58.2 Å². The molecule has 0 aromatic carbocycles.